The van der Waals surface area contributed by atoms with E-state index >= 15 is 0 Å². The van der Waals surface area contributed by atoms with Crippen molar-refractivity contribution in [2.24, 2.45) is 0 Å². The molecule has 39 heavy (non-hydrogen) atoms. The lowest BCUT2D eigenvalue weighted by atomic mass is 10.0. The number of hydrogen-bond acceptors (Lipinski definition) is 5. The lowest BCUT2D eigenvalue weighted by Crippen LogP contribution is -1.86. The van der Waals surface area contributed by atoms with Gasteiger partial charge in [0.1, 0.15) is 0 Å². The Morgan fingerprint density at radius 2 is 1.13 bits per heavy atom. The van der Waals surface area contributed by atoms with Crippen LogP contribution in [0.5, 0.6) is 0 Å². The van der Waals surface area contributed by atoms with E-state index in [2.05, 4.69) is 66.2 Å². The van der Waals surface area contributed by atoms with E-state index in [9.17, 15) is 4.79 Å². The molecule has 1 nitrogen and oxygen atoms in total. The van der Waals surface area contributed by atoms with Crippen LogP contribution >= 0.6 is 61.3 Å². The van der Waals surface area contributed by atoms with Crippen LogP contribution in [0.3, 0.4) is 0 Å². The molecule has 0 saturated heterocycles. The van der Waals surface area contributed by atoms with Crippen LogP contribution in [-0.4, -0.2) is 6.29 Å². The monoisotopic (exact) mass is 660 g/mol. The smallest absolute Gasteiger partial charge is 0.160 e. The van der Waals surface area contributed by atoms with Crippen molar-refractivity contribution in [1.29, 1.82) is 0 Å². The molecule has 4 rings (SSSR count). The van der Waals surface area contributed by atoms with Gasteiger partial charge >= 0.3 is 0 Å². The fraction of sp³-hybridized carbons (Fsp3) is 0.485. The molecule has 0 aliphatic rings. The summed E-state index contributed by atoms with van der Waals surface area (Å²) < 4.78 is 1.19. The predicted molar refractivity (Wildman–Crippen MR) is 182 cm³/mol. The van der Waals surface area contributed by atoms with Gasteiger partial charge in [-0.15, -0.1) is 45.3 Å². The first kappa shape index (κ1) is 30.9. The van der Waals surface area contributed by atoms with Crippen molar-refractivity contribution in [1.82, 2.24) is 0 Å². The maximum atomic E-state index is 11.7. The highest BCUT2D eigenvalue weighted by Gasteiger charge is 2.18. The van der Waals surface area contributed by atoms with E-state index in [1.807, 2.05) is 34.0 Å². The highest BCUT2D eigenvalue weighted by Crippen LogP contribution is 2.46. The van der Waals surface area contributed by atoms with Crippen molar-refractivity contribution in [3.8, 4) is 29.3 Å². The second kappa shape index (κ2) is 16.4. The minimum atomic E-state index is 0.853. The van der Waals surface area contributed by atoms with E-state index in [1.165, 1.54) is 121 Å². The second-order valence-electron chi connectivity index (χ2n) is 10.4. The summed E-state index contributed by atoms with van der Waals surface area (Å²) >= 11 is 11.0. The third-order valence-electron chi connectivity index (χ3n) is 7.22. The van der Waals surface area contributed by atoms with Crippen LogP contribution in [0.1, 0.15) is 112 Å². The van der Waals surface area contributed by atoms with Gasteiger partial charge in [0.2, 0.25) is 0 Å². The predicted octanol–water partition coefficient (Wildman–Crippen LogP) is 13.3. The van der Waals surface area contributed by atoms with Gasteiger partial charge in [0, 0.05) is 29.3 Å². The molecule has 210 valence electrons. The Morgan fingerprint density at radius 1 is 0.590 bits per heavy atom. The minimum Gasteiger partial charge on any atom is -0.297 e. The Hall–Kier alpha value is -1.05. The summed E-state index contributed by atoms with van der Waals surface area (Å²) in [5.41, 5.74) is 2.85. The van der Waals surface area contributed by atoms with Gasteiger partial charge in [-0.2, -0.15) is 0 Å². The van der Waals surface area contributed by atoms with Crippen molar-refractivity contribution >= 4 is 67.6 Å². The Morgan fingerprint density at radius 3 is 1.69 bits per heavy atom. The molecule has 4 heterocycles. The summed E-state index contributed by atoms with van der Waals surface area (Å²) in [7, 11) is 0. The lowest BCUT2D eigenvalue weighted by molar-refractivity contribution is 0.112. The van der Waals surface area contributed by atoms with Crippen LogP contribution in [0.15, 0.2) is 40.2 Å². The third kappa shape index (κ3) is 8.97. The number of carbonyl (C=O) groups excluding carboxylic acids is 1. The molecule has 0 aromatic carbocycles. The third-order valence-corrected chi connectivity index (χ3v) is 12.8. The number of rotatable bonds is 18. The number of thiophene rings is 4. The standard InChI is InChI=1S/C33H41BrOS4/c1-3-5-7-9-11-13-15-24-21-26(23-35)36-32(24)28-17-18-29(37-28)33-25(16-14-12-10-8-6-4-2)22-30(39-33)27-19-20-31(34)38-27/h17-23H,3-16H2,1-2H3. The van der Waals surface area contributed by atoms with E-state index in [1.54, 1.807) is 11.3 Å². The molecule has 4 aromatic rings. The Labute approximate surface area is 259 Å². The molecule has 0 spiro atoms. The van der Waals surface area contributed by atoms with E-state index in [0.717, 1.165) is 24.0 Å². The first-order valence-electron chi connectivity index (χ1n) is 14.7. The first-order valence-corrected chi connectivity index (χ1v) is 18.8. The van der Waals surface area contributed by atoms with E-state index in [4.69, 9.17) is 0 Å². The zero-order valence-electron chi connectivity index (χ0n) is 23.4. The molecule has 4 aromatic heterocycles. The summed E-state index contributed by atoms with van der Waals surface area (Å²) in [5.74, 6) is 0. The number of unbranched alkanes of at least 4 members (excludes halogenated alkanes) is 10. The Bertz CT molecular complexity index is 1290. The van der Waals surface area contributed by atoms with E-state index < -0.39 is 0 Å². The molecule has 0 saturated carbocycles. The van der Waals surface area contributed by atoms with Crippen molar-refractivity contribution in [3.63, 3.8) is 0 Å². The van der Waals surface area contributed by atoms with Crippen LogP contribution < -0.4 is 0 Å². The van der Waals surface area contributed by atoms with Crippen LogP contribution in [0.4, 0.5) is 0 Å². The average molecular weight is 662 g/mol. The molecule has 0 radical (unpaired) electrons. The normalized spacial score (nSPS) is 11.5. The van der Waals surface area contributed by atoms with E-state index in [-0.39, 0.29) is 0 Å². The maximum absolute atomic E-state index is 11.7. The number of aldehydes is 1. The summed E-state index contributed by atoms with van der Waals surface area (Å²) in [4.78, 5) is 20.6. The molecule has 0 aliphatic heterocycles. The van der Waals surface area contributed by atoms with Crippen molar-refractivity contribution in [2.75, 3.05) is 0 Å². The average Bonchev–Trinajstić information content (AvgIpc) is 3.74. The van der Waals surface area contributed by atoms with Crippen molar-refractivity contribution in [2.45, 2.75) is 104 Å². The van der Waals surface area contributed by atoms with Crippen LogP contribution in [0.2, 0.25) is 0 Å². The summed E-state index contributed by atoms with van der Waals surface area (Å²) in [6, 6.07) is 13.6. The maximum Gasteiger partial charge on any atom is 0.160 e. The Balaban J connectivity index is 1.53. The summed E-state index contributed by atoms with van der Waals surface area (Å²) in [6.45, 7) is 4.55. The van der Waals surface area contributed by atoms with Gasteiger partial charge in [-0.25, -0.2) is 0 Å². The van der Waals surface area contributed by atoms with E-state index in [0.29, 0.717) is 0 Å². The number of hydrogen-bond donors (Lipinski definition) is 0. The first-order chi connectivity index (χ1) is 19.1. The number of aryl methyl sites for hydroxylation is 2. The van der Waals surface area contributed by atoms with Crippen molar-refractivity contribution < 1.29 is 4.79 Å². The van der Waals surface area contributed by atoms with Gasteiger partial charge in [-0.3, -0.25) is 4.79 Å². The van der Waals surface area contributed by atoms with Crippen LogP contribution in [-0.2, 0) is 12.8 Å². The Kier molecular flexibility index (Phi) is 13.0. The number of halogens is 1. The molecule has 0 fully saturated rings. The molecule has 0 aliphatic carbocycles. The largest absolute Gasteiger partial charge is 0.297 e. The molecule has 0 N–H and O–H groups in total. The molecule has 0 unspecified atom stereocenters. The lowest BCUT2D eigenvalue weighted by Gasteiger charge is -2.04. The molecule has 0 atom stereocenters. The molecule has 0 amide bonds. The molecule has 6 heteroatoms. The van der Waals surface area contributed by atoms with Crippen LogP contribution in [0, 0.1) is 0 Å². The van der Waals surface area contributed by atoms with Crippen LogP contribution in [0.25, 0.3) is 29.3 Å². The fourth-order valence-electron chi connectivity index (χ4n) is 5.07. The SMILES string of the molecule is CCCCCCCCc1cc(C=O)sc1-c1ccc(-c2sc(-c3ccc(Br)s3)cc2CCCCCCCC)s1. The highest BCUT2D eigenvalue weighted by atomic mass is 79.9. The summed E-state index contributed by atoms with van der Waals surface area (Å²) in [6.07, 6.45) is 18.9. The highest BCUT2D eigenvalue weighted by molar-refractivity contribution is 9.11. The van der Waals surface area contributed by atoms with Gasteiger partial charge in [0.15, 0.2) is 6.29 Å². The zero-order valence-corrected chi connectivity index (χ0v) is 28.2. The number of carbonyl (C=O) groups is 1. The van der Waals surface area contributed by atoms with Gasteiger partial charge in [0.05, 0.1) is 8.66 Å². The van der Waals surface area contributed by atoms with Gasteiger partial charge < -0.3 is 0 Å². The second-order valence-corrected chi connectivity index (χ2v) is 16.1. The van der Waals surface area contributed by atoms with Gasteiger partial charge in [-0.1, -0.05) is 78.1 Å². The topological polar surface area (TPSA) is 17.1 Å². The zero-order chi connectivity index (χ0) is 27.5. The molecular formula is C33H41BrOS4. The molecular weight excluding hydrogens is 621 g/mol. The molecule has 0 bridgehead atoms. The quantitative estimate of drug-likeness (QED) is 0.0766. The summed E-state index contributed by atoms with van der Waals surface area (Å²) in [5, 5.41) is 0. The van der Waals surface area contributed by atoms with Crippen molar-refractivity contribution in [3.05, 3.63) is 56.2 Å². The van der Waals surface area contributed by atoms with Gasteiger partial charge in [0.25, 0.3) is 0 Å². The van der Waals surface area contributed by atoms with Gasteiger partial charge in [-0.05, 0) is 89.1 Å². The minimum absolute atomic E-state index is 0.853. The fourth-order valence-corrected chi connectivity index (χ4v) is 10.1.